The summed E-state index contributed by atoms with van der Waals surface area (Å²) in [6.07, 6.45) is 2.37. The molecule has 0 aliphatic carbocycles. The van der Waals surface area contributed by atoms with Crippen LogP contribution < -0.4 is 20.3 Å². The van der Waals surface area contributed by atoms with Gasteiger partial charge in [-0.05, 0) is 67.6 Å². The van der Waals surface area contributed by atoms with Crippen molar-refractivity contribution < 1.29 is 14.1 Å². The average molecular weight is 518 g/mol. The Balaban J connectivity index is 1.08. The van der Waals surface area contributed by atoms with E-state index in [9.17, 15) is 4.79 Å². The molecule has 0 saturated carbocycles. The highest BCUT2D eigenvalue weighted by Crippen LogP contribution is 2.27. The molecule has 1 amide bonds. The fraction of sp³-hybridized carbons (Fsp3) is 0.467. The van der Waals surface area contributed by atoms with Crippen LogP contribution in [0.3, 0.4) is 0 Å². The first-order valence-corrected chi connectivity index (χ1v) is 13.7. The molecule has 2 N–H and O–H groups in total. The zero-order valence-corrected chi connectivity index (χ0v) is 22.3. The maximum absolute atomic E-state index is 12.7. The minimum Gasteiger partial charge on any atom is -0.497 e. The van der Waals surface area contributed by atoms with Crippen molar-refractivity contribution in [2.45, 2.75) is 32.4 Å². The van der Waals surface area contributed by atoms with Gasteiger partial charge in [-0.15, -0.1) is 0 Å². The van der Waals surface area contributed by atoms with Gasteiger partial charge in [-0.3, -0.25) is 9.69 Å². The Kier molecular flexibility index (Phi) is 8.94. The number of aromatic nitrogens is 1. The van der Waals surface area contributed by atoms with Crippen molar-refractivity contribution in [1.29, 1.82) is 0 Å². The topological polar surface area (TPSA) is 82.9 Å². The molecule has 38 heavy (non-hydrogen) atoms. The number of nitrogens with zero attached hydrogens (tertiary/aromatic N) is 3. The number of methoxy groups -OCH3 is 1. The summed E-state index contributed by atoms with van der Waals surface area (Å²) in [5, 5.41) is 11.0. The number of hydrogen-bond acceptors (Lipinski definition) is 7. The van der Waals surface area contributed by atoms with Crippen molar-refractivity contribution in [2.75, 3.05) is 51.3 Å². The van der Waals surface area contributed by atoms with E-state index in [1.165, 1.54) is 5.69 Å². The standard InChI is InChI=1S/C30H39N5O3/c1-37-28-9-7-23(8-10-28)20-32-30(36)18-24-11-12-31-21-25(24)17-26-19-29(38-33-26)22-34-13-15-35(16-14-34)27-5-3-2-4-6-27/h2-10,19,24-25,31H,11-18,20-22H2,1H3,(H,32,36)/t24-,25-/m0/s1. The lowest BCUT2D eigenvalue weighted by Gasteiger charge is -2.35. The number of carbonyl (C=O) groups excluding carboxylic acids is 1. The molecule has 2 aliphatic heterocycles. The number of para-hydroxylation sites is 1. The van der Waals surface area contributed by atoms with Gasteiger partial charge in [0.1, 0.15) is 5.75 Å². The maximum Gasteiger partial charge on any atom is 0.220 e. The molecule has 3 aromatic rings. The summed E-state index contributed by atoms with van der Waals surface area (Å²) in [5.41, 5.74) is 3.34. The van der Waals surface area contributed by atoms with Gasteiger partial charge in [-0.25, -0.2) is 0 Å². The van der Waals surface area contributed by atoms with Crippen molar-refractivity contribution in [3.8, 4) is 5.75 Å². The number of nitrogens with one attached hydrogen (secondary N) is 2. The second-order valence-electron chi connectivity index (χ2n) is 10.4. The fourth-order valence-electron chi connectivity index (χ4n) is 5.56. The van der Waals surface area contributed by atoms with Gasteiger partial charge in [0.25, 0.3) is 0 Å². The molecule has 0 bridgehead atoms. The SMILES string of the molecule is COc1ccc(CNC(=O)C[C@@H]2CCNC[C@@H]2Cc2cc(CN3CCN(c4ccccc4)CC3)on2)cc1. The molecule has 2 saturated heterocycles. The van der Waals surface area contributed by atoms with Crippen LogP contribution in [0.1, 0.15) is 29.9 Å². The first-order valence-electron chi connectivity index (χ1n) is 13.7. The summed E-state index contributed by atoms with van der Waals surface area (Å²) in [6, 6.07) is 20.5. The van der Waals surface area contributed by atoms with Crippen LogP contribution in [0.4, 0.5) is 5.69 Å². The third kappa shape index (κ3) is 7.14. The average Bonchev–Trinajstić information content (AvgIpc) is 3.40. The first kappa shape index (κ1) is 26.3. The molecule has 3 heterocycles. The Bertz CT molecular complexity index is 1140. The van der Waals surface area contributed by atoms with Crippen LogP contribution in [-0.2, 0) is 24.3 Å². The molecule has 0 spiro atoms. The van der Waals surface area contributed by atoms with Gasteiger partial charge in [0, 0.05) is 50.9 Å². The Morgan fingerprint density at radius 2 is 1.87 bits per heavy atom. The van der Waals surface area contributed by atoms with Gasteiger partial charge in [0.05, 0.1) is 19.3 Å². The Labute approximate surface area is 225 Å². The first-order chi connectivity index (χ1) is 18.7. The van der Waals surface area contributed by atoms with Crippen LogP contribution in [0, 0.1) is 11.8 Å². The third-order valence-corrected chi connectivity index (χ3v) is 7.81. The van der Waals surface area contributed by atoms with Crippen molar-refractivity contribution >= 4 is 11.6 Å². The lowest BCUT2D eigenvalue weighted by Crippen LogP contribution is -2.45. The van der Waals surface area contributed by atoms with Crippen LogP contribution in [0.15, 0.2) is 65.2 Å². The van der Waals surface area contributed by atoms with Gasteiger partial charge < -0.3 is 24.8 Å². The number of ether oxygens (including phenoxy) is 1. The van der Waals surface area contributed by atoms with E-state index in [1.54, 1.807) is 7.11 Å². The quantitative estimate of drug-likeness (QED) is 0.426. The Morgan fingerprint density at radius 1 is 1.08 bits per heavy atom. The van der Waals surface area contributed by atoms with Crippen LogP contribution in [0.25, 0.3) is 0 Å². The van der Waals surface area contributed by atoms with Gasteiger partial charge in [0.2, 0.25) is 5.91 Å². The number of hydrogen-bond donors (Lipinski definition) is 2. The molecule has 1 aromatic heterocycles. The Hall–Kier alpha value is -3.36. The molecular formula is C30H39N5O3. The normalized spacial score (nSPS) is 20.3. The molecule has 0 unspecified atom stereocenters. The summed E-state index contributed by atoms with van der Waals surface area (Å²) >= 11 is 0. The van der Waals surface area contributed by atoms with Crippen LogP contribution in [0.5, 0.6) is 5.75 Å². The summed E-state index contributed by atoms with van der Waals surface area (Å²) in [7, 11) is 1.65. The minimum absolute atomic E-state index is 0.105. The highest BCUT2D eigenvalue weighted by molar-refractivity contribution is 5.76. The molecule has 202 valence electrons. The van der Waals surface area contributed by atoms with Crippen LogP contribution in [0.2, 0.25) is 0 Å². The van der Waals surface area contributed by atoms with Crippen LogP contribution in [-0.4, -0.2) is 62.3 Å². The molecule has 8 heteroatoms. The van der Waals surface area contributed by atoms with Crippen molar-refractivity contribution in [2.24, 2.45) is 11.8 Å². The Morgan fingerprint density at radius 3 is 2.63 bits per heavy atom. The zero-order valence-electron chi connectivity index (χ0n) is 22.3. The number of rotatable bonds is 10. The molecule has 8 nitrogen and oxygen atoms in total. The monoisotopic (exact) mass is 517 g/mol. The number of benzene rings is 2. The van der Waals surface area contributed by atoms with Crippen molar-refractivity contribution in [1.82, 2.24) is 20.7 Å². The summed E-state index contributed by atoms with van der Waals surface area (Å²) in [5.74, 6) is 2.54. The van der Waals surface area contributed by atoms with E-state index in [-0.39, 0.29) is 5.91 Å². The van der Waals surface area contributed by atoms with Crippen molar-refractivity contribution in [3.63, 3.8) is 0 Å². The van der Waals surface area contributed by atoms with E-state index in [2.05, 4.69) is 62.0 Å². The van der Waals surface area contributed by atoms with E-state index in [4.69, 9.17) is 9.26 Å². The highest BCUT2D eigenvalue weighted by Gasteiger charge is 2.28. The summed E-state index contributed by atoms with van der Waals surface area (Å²) < 4.78 is 10.9. The van der Waals surface area contributed by atoms with E-state index in [1.807, 2.05) is 24.3 Å². The molecule has 2 atom stereocenters. The minimum atomic E-state index is 0.105. The van der Waals surface area contributed by atoms with Gasteiger partial charge in [-0.2, -0.15) is 0 Å². The molecule has 0 radical (unpaired) electrons. The second-order valence-corrected chi connectivity index (χ2v) is 10.4. The molecule has 2 fully saturated rings. The van der Waals surface area contributed by atoms with E-state index < -0.39 is 0 Å². The maximum atomic E-state index is 12.7. The molecule has 2 aromatic carbocycles. The number of piperazine rings is 1. The summed E-state index contributed by atoms with van der Waals surface area (Å²) in [6.45, 7) is 7.21. The smallest absolute Gasteiger partial charge is 0.220 e. The predicted octanol–water partition coefficient (Wildman–Crippen LogP) is 3.48. The molecular weight excluding hydrogens is 478 g/mol. The van der Waals surface area contributed by atoms with E-state index in [0.717, 1.165) is 81.4 Å². The largest absolute Gasteiger partial charge is 0.497 e. The molecule has 5 rings (SSSR count). The highest BCUT2D eigenvalue weighted by atomic mass is 16.5. The van der Waals surface area contributed by atoms with Gasteiger partial charge in [-0.1, -0.05) is 35.5 Å². The van der Waals surface area contributed by atoms with E-state index in [0.29, 0.717) is 24.8 Å². The summed E-state index contributed by atoms with van der Waals surface area (Å²) in [4.78, 5) is 17.6. The van der Waals surface area contributed by atoms with E-state index >= 15 is 0 Å². The van der Waals surface area contributed by atoms with Crippen molar-refractivity contribution in [3.05, 3.63) is 77.7 Å². The number of carbonyl (C=O) groups is 1. The van der Waals surface area contributed by atoms with Gasteiger partial charge >= 0.3 is 0 Å². The fourth-order valence-corrected chi connectivity index (χ4v) is 5.56. The number of anilines is 1. The number of amides is 1. The second kappa shape index (κ2) is 12.9. The molecule has 2 aliphatic rings. The zero-order chi connectivity index (χ0) is 26.2. The lowest BCUT2D eigenvalue weighted by atomic mass is 9.81. The predicted molar refractivity (Wildman–Crippen MR) is 148 cm³/mol. The number of piperidine rings is 1. The lowest BCUT2D eigenvalue weighted by molar-refractivity contribution is -0.122. The van der Waals surface area contributed by atoms with Gasteiger partial charge in [0.15, 0.2) is 5.76 Å². The third-order valence-electron chi connectivity index (χ3n) is 7.81. The van der Waals surface area contributed by atoms with Crippen LogP contribution >= 0.6 is 0 Å².